The lowest BCUT2D eigenvalue weighted by Crippen LogP contribution is -2.24. The Morgan fingerprint density at radius 3 is 2.19 bits per heavy atom. The van der Waals surface area contributed by atoms with Crippen molar-refractivity contribution in [2.75, 3.05) is 18.5 Å². The summed E-state index contributed by atoms with van der Waals surface area (Å²) in [5, 5.41) is 5.12. The monoisotopic (exact) mass is 571 g/mol. The van der Waals surface area contributed by atoms with Crippen molar-refractivity contribution >= 4 is 44.1 Å². The first-order valence-corrected chi connectivity index (χ1v) is 13.6. The Bertz CT molecular complexity index is 1190. The van der Waals surface area contributed by atoms with Gasteiger partial charge in [-0.15, -0.1) is 11.3 Å². The van der Waals surface area contributed by atoms with E-state index in [-0.39, 0.29) is 30.0 Å². The number of anilines is 1. The molecule has 7 heteroatoms. The van der Waals surface area contributed by atoms with Gasteiger partial charge in [0.15, 0.2) is 6.61 Å². The maximum absolute atomic E-state index is 12.7. The van der Waals surface area contributed by atoms with Gasteiger partial charge < -0.3 is 14.8 Å². The predicted molar refractivity (Wildman–Crippen MR) is 151 cm³/mol. The zero-order valence-corrected chi connectivity index (χ0v) is 24.1. The molecule has 1 N–H and O–H groups in total. The average molecular weight is 573 g/mol. The lowest BCUT2D eigenvalue weighted by atomic mass is 9.72. The Morgan fingerprint density at radius 1 is 0.972 bits per heavy atom. The second-order valence-corrected chi connectivity index (χ2v) is 12.4. The van der Waals surface area contributed by atoms with Gasteiger partial charge in [-0.05, 0) is 59.6 Å². The molecule has 0 bridgehead atoms. The molecule has 0 radical (unpaired) electrons. The molecule has 36 heavy (non-hydrogen) atoms. The van der Waals surface area contributed by atoms with E-state index in [1.165, 1.54) is 16.9 Å². The van der Waals surface area contributed by atoms with Crippen molar-refractivity contribution in [2.45, 2.75) is 53.4 Å². The zero-order chi connectivity index (χ0) is 26.5. The van der Waals surface area contributed by atoms with Crippen LogP contribution in [0.25, 0.3) is 11.1 Å². The molecule has 1 aromatic heterocycles. The smallest absolute Gasteiger partial charge is 0.341 e. The highest BCUT2D eigenvalue weighted by Gasteiger charge is 2.27. The van der Waals surface area contributed by atoms with Gasteiger partial charge in [0, 0.05) is 15.4 Å². The van der Waals surface area contributed by atoms with Gasteiger partial charge in [-0.1, -0.05) is 74.8 Å². The van der Waals surface area contributed by atoms with Crippen molar-refractivity contribution in [2.24, 2.45) is 5.41 Å². The molecule has 0 atom stereocenters. The summed E-state index contributed by atoms with van der Waals surface area (Å²) in [5.41, 5.74) is 3.41. The van der Waals surface area contributed by atoms with Gasteiger partial charge in [0.25, 0.3) is 5.91 Å². The normalized spacial score (nSPS) is 11.8. The third-order valence-corrected chi connectivity index (χ3v) is 7.08. The molecule has 0 aliphatic heterocycles. The van der Waals surface area contributed by atoms with Crippen LogP contribution in [0.15, 0.2) is 58.4 Å². The number of esters is 1. The standard InChI is InChI=1S/C29H34BrNO4S/c1-7-34-27(33)25-23(19-8-12-21(30)13-9-19)17-36-26(25)31-24(32)16-35-22-14-10-20(11-15-22)29(5,6)18-28(2,3)4/h8-15,17H,7,16,18H2,1-6H3,(H,31,32). The summed E-state index contributed by atoms with van der Waals surface area (Å²) in [4.78, 5) is 25.4. The largest absolute Gasteiger partial charge is 0.484 e. The van der Waals surface area contributed by atoms with Crippen LogP contribution in [0.3, 0.4) is 0 Å². The SMILES string of the molecule is CCOC(=O)c1c(-c2ccc(Br)cc2)csc1NC(=O)COc1ccc(C(C)(C)CC(C)(C)C)cc1. The van der Waals surface area contributed by atoms with Crippen molar-refractivity contribution in [3.63, 3.8) is 0 Å². The third kappa shape index (κ3) is 7.43. The van der Waals surface area contributed by atoms with Gasteiger partial charge in [-0.2, -0.15) is 0 Å². The molecule has 3 aromatic rings. The molecule has 0 saturated carbocycles. The molecule has 5 nitrogen and oxygen atoms in total. The molecule has 0 saturated heterocycles. The molecule has 3 rings (SSSR count). The van der Waals surface area contributed by atoms with E-state index in [1.54, 1.807) is 6.92 Å². The number of carbonyl (C=O) groups excluding carboxylic acids is 2. The molecule has 1 heterocycles. The summed E-state index contributed by atoms with van der Waals surface area (Å²) in [7, 11) is 0. The van der Waals surface area contributed by atoms with E-state index in [4.69, 9.17) is 9.47 Å². The topological polar surface area (TPSA) is 64.6 Å². The number of carbonyl (C=O) groups is 2. The number of amides is 1. The molecule has 0 fully saturated rings. The Balaban J connectivity index is 1.69. The number of hydrogen-bond acceptors (Lipinski definition) is 5. The Hall–Kier alpha value is -2.64. The summed E-state index contributed by atoms with van der Waals surface area (Å²) >= 11 is 4.72. The molecule has 0 aliphatic rings. The molecular formula is C29H34BrNO4S. The van der Waals surface area contributed by atoms with Crippen LogP contribution < -0.4 is 10.1 Å². The van der Waals surface area contributed by atoms with Crippen LogP contribution in [0, 0.1) is 5.41 Å². The van der Waals surface area contributed by atoms with Gasteiger partial charge >= 0.3 is 5.97 Å². The van der Waals surface area contributed by atoms with Gasteiger partial charge in [-0.25, -0.2) is 4.79 Å². The lowest BCUT2D eigenvalue weighted by molar-refractivity contribution is -0.118. The lowest BCUT2D eigenvalue weighted by Gasteiger charge is -2.33. The van der Waals surface area contributed by atoms with E-state index >= 15 is 0 Å². The second-order valence-electron chi connectivity index (χ2n) is 10.6. The number of ether oxygens (including phenoxy) is 2. The minimum atomic E-state index is -0.471. The Morgan fingerprint density at radius 2 is 1.61 bits per heavy atom. The number of benzene rings is 2. The number of thiophene rings is 1. The van der Waals surface area contributed by atoms with Crippen LogP contribution in [0.5, 0.6) is 5.75 Å². The fraction of sp³-hybridized carbons (Fsp3) is 0.379. The zero-order valence-electron chi connectivity index (χ0n) is 21.7. The van der Waals surface area contributed by atoms with Gasteiger partial charge in [-0.3, -0.25) is 4.79 Å². The summed E-state index contributed by atoms with van der Waals surface area (Å²) in [6, 6.07) is 15.5. The van der Waals surface area contributed by atoms with E-state index in [1.807, 2.05) is 41.8 Å². The van der Waals surface area contributed by atoms with Crippen molar-refractivity contribution < 1.29 is 19.1 Å². The second kappa shape index (κ2) is 11.6. The van der Waals surface area contributed by atoms with Gasteiger partial charge in [0.1, 0.15) is 16.3 Å². The fourth-order valence-corrected chi connectivity index (χ4v) is 5.68. The summed E-state index contributed by atoms with van der Waals surface area (Å²) < 4.78 is 11.9. The van der Waals surface area contributed by atoms with E-state index in [9.17, 15) is 9.59 Å². The highest BCUT2D eigenvalue weighted by Crippen LogP contribution is 2.38. The highest BCUT2D eigenvalue weighted by atomic mass is 79.9. The first-order chi connectivity index (χ1) is 16.9. The Kier molecular flexibility index (Phi) is 9.01. The molecule has 1 amide bonds. The van der Waals surface area contributed by atoms with Crippen LogP contribution in [0.1, 0.15) is 63.9 Å². The third-order valence-electron chi connectivity index (χ3n) is 5.66. The average Bonchev–Trinajstić information content (AvgIpc) is 3.20. The van der Waals surface area contributed by atoms with E-state index in [0.29, 0.717) is 16.3 Å². The van der Waals surface area contributed by atoms with Crippen molar-refractivity contribution in [1.82, 2.24) is 0 Å². The first kappa shape index (κ1) is 27.9. The van der Waals surface area contributed by atoms with Crippen molar-refractivity contribution in [3.05, 3.63) is 69.5 Å². The highest BCUT2D eigenvalue weighted by molar-refractivity contribution is 9.10. The van der Waals surface area contributed by atoms with Crippen molar-refractivity contribution in [3.8, 4) is 16.9 Å². The van der Waals surface area contributed by atoms with Gasteiger partial charge in [0.05, 0.1) is 6.61 Å². The predicted octanol–water partition coefficient (Wildman–Crippen LogP) is 8.09. The van der Waals surface area contributed by atoms with E-state index < -0.39 is 5.97 Å². The van der Waals surface area contributed by atoms with E-state index in [2.05, 4.69) is 68.0 Å². The van der Waals surface area contributed by atoms with Crippen LogP contribution in [-0.2, 0) is 14.9 Å². The molecule has 2 aromatic carbocycles. The van der Waals surface area contributed by atoms with Gasteiger partial charge in [0.2, 0.25) is 0 Å². The maximum atomic E-state index is 12.7. The summed E-state index contributed by atoms with van der Waals surface area (Å²) in [6.07, 6.45) is 1.05. The minimum Gasteiger partial charge on any atom is -0.484 e. The maximum Gasteiger partial charge on any atom is 0.341 e. The first-order valence-electron chi connectivity index (χ1n) is 12.0. The fourth-order valence-electron chi connectivity index (χ4n) is 4.44. The summed E-state index contributed by atoms with van der Waals surface area (Å²) in [5.74, 6) is -0.198. The van der Waals surface area contributed by atoms with Crippen LogP contribution in [0.4, 0.5) is 5.00 Å². The number of hydrogen-bond donors (Lipinski definition) is 1. The van der Waals surface area contributed by atoms with E-state index in [0.717, 1.165) is 22.0 Å². The molecule has 0 spiro atoms. The number of halogens is 1. The molecule has 0 unspecified atom stereocenters. The summed E-state index contributed by atoms with van der Waals surface area (Å²) in [6.45, 7) is 13.0. The number of rotatable bonds is 9. The molecular weight excluding hydrogens is 538 g/mol. The van der Waals surface area contributed by atoms with Crippen LogP contribution in [-0.4, -0.2) is 25.1 Å². The Labute approximate surface area is 226 Å². The minimum absolute atomic E-state index is 0.0311. The van der Waals surface area contributed by atoms with Crippen LogP contribution >= 0.6 is 27.3 Å². The van der Waals surface area contributed by atoms with Crippen LogP contribution in [0.2, 0.25) is 0 Å². The molecule has 0 aliphatic carbocycles. The number of nitrogens with one attached hydrogen (secondary N) is 1. The quantitative estimate of drug-likeness (QED) is 0.263. The molecule has 192 valence electrons. The van der Waals surface area contributed by atoms with Crippen molar-refractivity contribution in [1.29, 1.82) is 0 Å².